The fourth-order valence-corrected chi connectivity index (χ4v) is 5.46. The van der Waals surface area contributed by atoms with Gasteiger partial charge in [-0.1, -0.05) is 125 Å². The van der Waals surface area contributed by atoms with E-state index in [2.05, 4.69) is 48.3 Å². The van der Waals surface area contributed by atoms with Crippen molar-refractivity contribution in [3.63, 3.8) is 0 Å². The largest absolute Gasteiger partial charge is 0.465 e. The quantitative estimate of drug-likeness (QED) is 0.0734. The van der Waals surface area contributed by atoms with Crippen molar-refractivity contribution in [2.45, 2.75) is 177 Å². The highest BCUT2D eigenvalue weighted by molar-refractivity contribution is 5.72. The van der Waals surface area contributed by atoms with Crippen LogP contribution in [-0.2, 0) is 16.1 Å². The van der Waals surface area contributed by atoms with Crippen LogP contribution in [0.1, 0.15) is 169 Å². The van der Waals surface area contributed by atoms with E-state index in [1.807, 2.05) is 20.0 Å². The molecule has 0 aliphatic heterocycles. The van der Waals surface area contributed by atoms with Crippen molar-refractivity contribution in [2.24, 2.45) is 5.92 Å². The van der Waals surface area contributed by atoms with Gasteiger partial charge in [0.25, 0.3) is 0 Å². The first kappa shape index (κ1) is 39.6. The average Bonchev–Trinajstić information content (AvgIpc) is 3.40. The number of rotatable bonds is 28. The molecule has 0 aliphatic carbocycles. The zero-order chi connectivity index (χ0) is 30.4. The molecule has 1 aromatic heterocycles. The van der Waals surface area contributed by atoms with E-state index < -0.39 is 0 Å². The number of imidazole rings is 1. The summed E-state index contributed by atoms with van der Waals surface area (Å²) in [6, 6.07) is 0. The van der Waals surface area contributed by atoms with Gasteiger partial charge < -0.3 is 14.2 Å². The topological polar surface area (TPSA) is 47.4 Å². The van der Waals surface area contributed by atoms with Crippen LogP contribution in [0, 0.1) is 12.8 Å². The van der Waals surface area contributed by atoms with Crippen molar-refractivity contribution in [3.8, 4) is 0 Å². The average molecular weight is 578 g/mol. The van der Waals surface area contributed by atoms with Crippen LogP contribution in [0.4, 0.5) is 0 Å². The number of unbranched alkanes of at least 4 members (excludes halogenated alkanes) is 13. The summed E-state index contributed by atoms with van der Waals surface area (Å²) >= 11 is 0. The lowest BCUT2D eigenvalue weighted by Crippen LogP contribution is -2.28. The standard InChI is InChI=1S/C34H65N3O2.C2H6/c1-5-8-11-13-14-18-24-33(23-10-7-3)34(38)39-31-21-17-16-20-27-36(26-19-15-12-9-6-2)28-22-29-37-30-25-35-32(37)4;1-2/h25,30,33H,5-24,26-29,31H2,1-4H3;1-2H3. The molecule has 242 valence electrons. The molecule has 1 rings (SSSR count). The highest BCUT2D eigenvalue weighted by Gasteiger charge is 2.19. The third-order valence-corrected chi connectivity index (χ3v) is 8.13. The molecule has 0 saturated heterocycles. The highest BCUT2D eigenvalue weighted by Crippen LogP contribution is 2.20. The molecule has 1 unspecified atom stereocenters. The maximum Gasteiger partial charge on any atom is 0.308 e. The first-order chi connectivity index (χ1) is 20.1. The Balaban J connectivity index is 0.00000781. The van der Waals surface area contributed by atoms with Gasteiger partial charge in [-0.25, -0.2) is 4.98 Å². The first-order valence-electron chi connectivity index (χ1n) is 18.0. The molecule has 5 heteroatoms. The molecule has 0 spiro atoms. The van der Waals surface area contributed by atoms with Crippen molar-refractivity contribution in [3.05, 3.63) is 18.2 Å². The fraction of sp³-hybridized carbons (Fsp3) is 0.889. The third kappa shape index (κ3) is 22.9. The Morgan fingerprint density at radius 1 is 0.732 bits per heavy atom. The molecule has 0 fully saturated rings. The van der Waals surface area contributed by atoms with Crippen LogP contribution in [0.15, 0.2) is 12.4 Å². The van der Waals surface area contributed by atoms with Crippen LogP contribution in [0.2, 0.25) is 0 Å². The van der Waals surface area contributed by atoms with E-state index in [-0.39, 0.29) is 11.9 Å². The van der Waals surface area contributed by atoms with Crippen LogP contribution in [-0.4, -0.2) is 46.7 Å². The number of ether oxygens (including phenoxy) is 1. The second-order valence-corrected chi connectivity index (χ2v) is 11.8. The molecule has 1 aromatic rings. The van der Waals surface area contributed by atoms with Gasteiger partial charge in [0.05, 0.1) is 12.5 Å². The number of carbonyl (C=O) groups excluding carboxylic acids is 1. The Morgan fingerprint density at radius 2 is 1.24 bits per heavy atom. The molecule has 0 N–H and O–H groups in total. The first-order valence-corrected chi connectivity index (χ1v) is 18.0. The van der Waals surface area contributed by atoms with E-state index in [4.69, 9.17) is 4.74 Å². The molecule has 1 atom stereocenters. The number of aryl methyl sites for hydroxylation is 2. The maximum atomic E-state index is 12.7. The Kier molecular flexibility index (Phi) is 29.1. The van der Waals surface area contributed by atoms with E-state index in [0.29, 0.717) is 6.61 Å². The lowest BCUT2D eigenvalue weighted by atomic mass is 9.95. The van der Waals surface area contributed by atoms with Gasteiger partial charge in [-0.05, 0) is 65.1 Å². The molecule has 1 heterocycles. The van der Waals surface area contributed by atoms with Gasteiger partial charge in [-0.2, -0.15) is 0 Å². The van der Waals surface area contributed by atoms with E-state index >= 15 is 0 Å². The molecule has 41 heavy (non-hydrogen) atoms. The van der Waals surface area contributed by atoms with Gasteiger partial charge in [0, 0.05) is 18.9 Å². The Labute approximate surface area is 256 Å². The minimum atomic E-state index is 0.0689. The predicted octanol–water partition coefficient (Wildman–Crippen LogP) is 10.5. The number of carbonyl (C=O) groups is 1. The number of aromatic nitrogens is 2. The monoisotopic (exact) mass is 578 g/mol. The fourth-order valence-electron chi connectivity index (χ4n) is 5.46. The summed E-state index contributed by atoms with van der Waals surface area (Å²) in [4.78, 5) is 19.8. The maximum absolute atomic E-state index is 12.7. The second-order valence-electron chi connectivity index (χ2n) is 11.8. The number of nitrogens with zero attached hydrogens (tertiary/aromatic N) is 3. The van der Waals surface area contributed by atoms with E-state index in [1.165, 1.54) is 110 Å². The SMILES string of the molecule is CC.CCCCCCCCC(CCCC)C(=O)OCCCCCCN(CCCCCCC)CCCn1ccnc1C. The van der Waals surface area contributed by atoms with Crippen LogP contribution < -0.4 is 0 Å². The normalized spacial score (nSPS) is 11.9. The van der Waals surface area contributed by atoms with Crippen molar-refractivity contribution < 1.29 is 9.53 Å². The van der Waals surface area contributed by atoms with Gasteiger partial charge >= 0.3 is 5.97 Å². The predicted molar refractivity (Wildman–Crippen MR) is 179 cm³/mol. The van der Waals surface area contributed by atoms with Gasteiger partial charge in [0.15, 0.2) is 0 Å². The third-order valence-electron chi connectivity index (χ3n) is 8.13. The summed E-state index contributed by atoms with van der Waals surface area (Å²) < 4.78 is 8.02. The molecular weight excluding hydrogens is 506 g/mol. The zero-order valence-corrected chi connectivity index (χ0v) is 28.6. The van der Waals surface area contributed by atoms with Crippen LogP contribution in [0.3, 0.4) is 0 Å². The Hall–Kier alpha value is -1.36. The van der Waals surface area contributed by atoms with Gasteiger partial charge in [0.1, 0.15) is 5.82 Å². The van der Waals surface area contributed by atoms with Crippen molar-refractivity contribution in [1.29, 1.82) is 0 Å². The molecule has 5 nitrogen and oxygen atoms in total. The van der Waals surface area contributed by atoms with Crippen molar-refractivity contribution in [1.82, 2.24) is 14.5 Å². The van der Waals surface area contributed by atoms with Crippen LogP contribution in [0.25, 0.3) is 0 Å². The van der Waals surface area contributed by atoms with Crippen LogP contribution in [0.5, 0.6) is 0 Å². The molecular formula is C36H71N3O2. The molecule has 0 radical (unpaired) electrons. The molecule has 0 aromatic carbocycles. The summed E-state index contributed by atoms with van der Waals surface area (Å²) in [6.45, 7) is 18.1. The smallest absolute Gasteiger partial charge is 0.308 e. The van der Waals surface area contributed by atoms with Gasteiger partial charge in [-0.15, -0.1) is 0 Å². The molecule has 0 aliphatic rings. The summed E-state index contributed by atoms with van der Waals surface area (Å²) in [5.41, 5.74) is 0. The van der Waals surface area contributed by atoms with Crippen molar-refractivity contribution >= 4 is 5.97 Å². The summed E-state index contributed by atoms with van der Waals surface area (Å²) in [5.74, 6) is 1.30. The number of hydrogen-bond donors (Lipinski definition) is 0. The van der Waals surface area contributed by atoms with Crippen LogP contribution >= 0.6 is 0 Å². The van der Waals surface area contributed by atoms with E-state index in [9.17, 15) is 4.79 Å². The molecule has 0 amide bonds. The number of esters is 1. The number of hydrogen-bond acceptors (Lipinski definition) is 4. The molecule has 0 saturated carbocycles. The summed E-state index contributed by atoms with van der Waals surface area (Å²) in [6.07, 6.45) is 28.5. The van der Waals surface area contributed by atoms with Gasteiger partial charge in [-0.3, -0.25) is 4.79 Å². The van der Waals surface area contributed by atoms with Gasteiger partial charge in [0.2, 0.25) is 0 Å². The Morgan fingerprint density at radius 3 is 1.83 bits per heavy atom. The van der Waals surface area contributed by atoms with Crippen molar-refractivity contribution in [2.75, 3.05) is 26.2 Å². The minimum Gasteiger partial charge on any atom is -0.465 e. The Bertz CT molecular complexity index is 676. The zero-order valence-electron chi connectivity index (χ0n) is 28.6. The minimum absolute atomic E-state index is 0.0689. The second kappa shape index (κ2) is 30.1. The molecule has 0 bridgehead atoms. The van der Waals surface area contributed by atoms with E-state index in [0.717, 1.165) is 50.9 Å². The lowest BCUT2D eigenvalue weighted by Gasteiger charge is -2.22. The summed E-state index contributed by atoms with van der Waals surface area (Å²) in [5, 5.41) is 0. The lowest BCUT2D eigenvalue weighted by molar-refractivity contribution is -0.149. The summed E-state index contributed by atoms with van der Waals surface area (Å²) in [7, 11) is 0. The highest BCUT2D eigenvalue weighted by atomic mass is 16.5. The van der Waals surface area contributed by atoms with E-state index in [1.54, 1.807) is 0 Å².